The van der Waals surface area contributed by atoms with Gasteiger partial charge in [0.15, 0.2) is 0 Å². The molecule has 0 N–H and O–H groups in total. The van der Waals surface area contributed by atoms with Gasteiger partial charge in [-0.25, -0.2) is 13.4 Å². The quantitative estimate of drug-likeness (QED) is 0.557. The summed E-state index contributed by atoms with van der Waals surface area (Å²) in [6.45, 7) is 3.69. The lowest BCUT2D eigenvalue weighted by atomic mass is 10.3. The SMILES string of the molecule is CCSN1C(=O)CC(=O)N(SCC)C1=O. The van der Waals surface area contributed by atoms with E-state index in [9.17, 15) is 14.4 Å². The number of urea groups is 1. The van der Waals surface area contributed by atoms with Crippen LogP contribution < -0.4 is 0 Å². The molecule has 0 radical (unpaired) electrons. The number of amides is 4. The van der Waals surface area contributed by atoms with Crippen molar-refractivity contribution in [1.29, 1.82) is 0 Å². The average molecular weight is 248 g/mol. The molecular formula is C8H12N2O3S2. The van der Waals surface area contributed by atoms with Crippen LogP contribution >= 0.6 is 23.9 Å². The van der Waals surface area contributed by atoms with Gasteiger partial charge in [0.05, 0.1) is 0 Å². The summed E-state index contributed by atoms with van der Waals surface area (Å²) in [6.07, 6.45) is -0.217. The number of imide groups is 2. The zero-order valence-electron chi connectivity index (χ0n) is 8.56. The summed E-state index contributed by atoms with van der Waals surface area (Å²) in [7, 11) is 0. The maximum absolute atomic E-state index is 11.7. The highest BCUT2D eigenvalue weighted by molar-refractivity contribution is 7.99. The van der Waals surface area contributed by atoms with E-state index in [1.165, 1.54) is 0 Å². The molecule has 1 aliphatic rings. The van der Waals surface area contributed by atoms with E-state index >= 15 is 0 Å². The highest BCUT2D eigenvalue weighted by Crippen LogP contribution is 2.25. The summed E-state index contributed by atoms with van der Waals surface area (Å²) in [6, 6.07) is -0.532. The Balaban J connectivity index is 2.79. The topological polar surface area (TPSA) is 57.7 Å². The third kappa shape index (κ3) is 2.66. The van der Waals surface area contributed by atoms with E-state index < -0.39 is 17.8 Å². The molecule has 0 spiro atoms. The van der Waals surface area contributed by atoms with Crippen molar-refractivity contribution in [3.05, 3.63) is 0 Å². The molecule has 1 fully saturated rings. The summed E-state index contributed by atoms with van der Waals surface area (Å²) in [4.78, 5) is 34.5. The van der Waals surface area contributed by atoms with E-state index in [0.29, 0.717) is 11.5 Å². The van der Waals surface area contributed by atoms with Gasteiger partial charge in [-0.3, -0.25) is 9.59 Å². The van der Waals surface area contributed by atoms with Crippen LogP contribution in [-0.2, 0) is 9.59 Å². The first kappa shape index (κ1) is 12.4. The molecule has 0 atom stereocenters. The second kappa shape index (κ2) is 5.41. The summed E-state index contributed by atoms with van der Waals surface area (Å²) >= 11 is 2.25. The minimum Gasteiger partial charge on any atom is -0.273 e. The number of hydrogen-bond donors (Lipinski definition) is 0. The van der Waals surface area contributed by atoms with Gasteiger partial charge in [0, 0.05) is 11.5 Å². The Morgan fingerprint density at radius 1 is 1.00 bits per heavy atom. The minimum absolute atomic E-state index is 0.217. The molecule has 1 heterocycles. The van der Waals surface area contributed by atoms with Crippen molar-refractivity contribution < 1.29 is 14.4 Å². The molecule has 0 aliphatic carbocycles. The van der Waals surface area contributed by atoms with E-state index in [1.54, 1.807) is 0 Å². The molecule has 7 heteroatoms. The molecule has 1 rings (SSSR count). The Morgan fingerprint density at radius 3 is 1.73 bits per heavy atom. The first-order chi connectivity index (χ1) is 7.11. The largest absolute Gasteiger partial charge is 0.354 e. The third-order valence-corrected chi connectivity index (χ3v) is 3.37. The van der Waals surface area contributed by atoms with E-state index in [4.69, 9.17) is 0 Å². The predicted octanol–water partition coefficient (Wildman–Crippen LogP) is 1.50. The maximum atomic E-state index is 11.7. The van der Waals surface area contributed by atoms with E-state index in [1.807, 2.05) is 13.8 Å². The Bertz CT molecular complexity index is 270. The molecule has 15 heavy (non-hydrogen) atoms. The van der Waals surface area contributed by atoms with Crippen LogP contribution in [0, 0.1) is 0 Å². The van der Waals surface area contributed by atoms with Crippen molar-refractivity contribution in [2.45, 2.75) is 20.3 Å². The minimum atomic E-state index is -0.532. The molecule has 0 aromatic carbocycles. The molecular weight excluding hydrogens is 236 g/mol. The number of barbiturate groups is 1. The lowest BCUT2D eigenvalue weighted by Gasteiger charge is -2.29. The van der Waals surface area contributed by atoms with Crippen molar-refractivity contribution in [1.82, 2.24) is 8.61 Å². The molecule has 5 nitrogen and oxygen atoms in total. The van der Waals surface area contributed by atoms with Gasteiger partial charge in [-0.15, -0.1) is 0 Å². The smallest absolute Gasteiger partial charge is 0.273 e. The monoisotopic (exact) mass is 248 g/mol. The van der Waals surface area contributed by atoms with Gasteiger partial charge in [-0.2, -0.15) is 0 Å². The van der Waals surface area contributed by atoms with Gasteiger partial charge in [-0.1, -0.05) is 13.8 Å². The highest BCUT2D eigenvalue weighted by Gasteiger charge is 2.38. The van der Waals surface area contributed by atoms with Crippen LogP contribution in [0.5, 0.6) is 0 Å². The van der Waals surface area contributed by atoms with Crippen LogP contribution in [-0.4, -0.2) is 38.0 Å². The molecule has 0 aromatic rings. The average Bonchev–Trinajstić information content (AvgIpc) is 2.19. The lowest BCUT2D eigenvalue weighted by Crippen LogP contribution is -2.49. The van der Waals surface area contributed by atoms with Crippen LogP contribution in [0.3, 0.4) is 0 Å². The second-order valence-electron chi connectivity index (χ2n) is 2.67. The maximum Gasteiger partial charge on any atom is 0.354 e. The van der Waals surface area contributed by atoms with Crippen molar-refractivity contribution in [3.63, 3.8) is 0 Å². The fourth-order valence-electron chi connectivity index (χ4n) is 1.08. The van der Waals surface area contributed by atoms with Gasteiger partial charge < -0.3 is 0 Å². The normalized spacial score (nSPS) is 17.6. The Hall–Kier alpha value is -0.690. The Morgan fingerprint density at radius 2 is 1.40 bits per heavy atom. The molecule has 0 saturated carbocycles. The van der Waals surface area contributed by atoms with E-state index in [2.05, 4.69) is 0 Å². The summed E-state index contributed by atoms with van der Waals surface area (Å²) in [5.74, 6) is 0.390. The summed E-state index contributed by atoms with van der Waals surface area (Å²) in [5.41, 5.74) is 0. The van der Waals surface area contributed by atoms with Gasteiger partial charge >= 0.3 is 6.03 Å². The third-order valence-electron chi connectivity index (χ3n) is 1.62. The molecule has 1 aliphatic heterocycles. The van der Waals surface area contributed by atoms with Crippen LogP contribution in [0.1, 0.15) is 20.3 Å². The summed E-state index contributed by atoms with van der Waals surface area (Å²) < 4.78 is 2.12. The first-order valence-electron chi connectivity index (χ1n) is 4.57. The predicted molar refractivity (Wildman–Crippen MR) is 60.0 cm³/mol. The fraction of sp³-hybridized carbons (Fsp3) is 0.625. The van der Waals surface area contributed by atoms with Crippen molar-refractivity contribution in [3.8, 4) is 0 Å². The molecule has 0 aromatic heterocycles. The van der Waals surface area contributed by atoms with Crippen molar-refractivity contribution in [2.75, 3.05) is 11.5 Å². The number of hydrogen-bond acceptors (Lipinski definition) is 5. The first-order valence-corrected chi connectivity index (χ1v) is 6.46. The van der Waals surface area contributed by atoms with Crippen molar-refractivity contribution >= 4 is 41.7 Å². The van der Waals surface area contributed by atoms with Crippen LogP contribution in [0.2, 0.25) is 0 Å². The van der Waals surface area contributed by atoms with Gasteiger partial charge in [0.1, 0.15) is 6.42 Å². The molecule has 4 amide bonds. The zero-order chi connectivity index (χ0) is 11.4. The Labute approximate surface area is 96.8 Å². The van der Waals surface area contributed by atoms with Gasteiger partial charge in [0.2, 0.25) is 11.8 Å². The molecule has 0 unspecified atom stereocenters. The number of carbonyl (C=O) groups is 3. The van der Waals surface area contributed by atoms with Crippen molar-refractivity contribution in [2.24, 2.45) is 0 Å². The number of carbonyl (C=O) groups excluding carboxylic acids is 3. The second-order valence-corrected chi connectivity index (χ2v) is 5.07. The van der Waals surface area contributed by atoms with E-state index in [-0.39, 0.29) is 6.42 Å². The van der Waals surface area contributed by atoms with Gasteiger partial charge in [-0.05, 0) is 23.9 Å². The Kier molecular flexibility index (Phi) is 4.46. The zero-order valence-corrected chi connectivity index (χ0v) is 10.2. The standard InChI is InChI=1S/C8H12N2O3S2/c1-3-14-9-6(11)5-7(12)10(8(9)13)15-4-2/h3-5H2,1-2H3. The van der Waals surface area contributed by atoms with Gasteiger partial charge in [0.25, 0.3) is 0 Å². The number of rotatable bonds is 4. The molecule has 1 saturated heterocycles. The summed E-state index contributed by atoms with van der Waals surface area (Å²) in [5, 5.41) is 0. The van der Waals surface area contributed by atoms with Crippen LogP contribution in [0.25, 0.3) is 0 Å². The van der Waals surface area contributed by atoms with Crippen LogP contribution in [0.4, 0.5) is 4.79 Å². The number of nitrogens with zero attached hydrogens (tertiary/aromatic N) is 2. The highest BCUT2D eigenvalue weighted by atomic mass is 32.2. The lowest BCUT2D eigenvalue weighted by molar-refractivity contribution is -0.135. The molecule has 84 valence electrons. The van der Waals surface area contributed by atoms with Crippen LogP contribution in [0.15, 0.2) is 0 Å². The van der Waals surface area contributed by atoms with E-state index in [0.717, 1.165) is 32.5 Å². The fourth-order valence-corrected chi connectivity index (χ4v) is 2.45. The molecule has 0 bridgehead atoms.